The van der Waals surface area contributed by atoms with Gasteiger partial charge in [-0.2, -0.15) is 32.2 Å². The van der Waals surface area contributed by atoms with Gasteiger partial charge in [0.2, 0.25) is 0 Å². The van der Waals surface area contributed by atoms with Crippen LogP contribution >= 0.6 is 0 Å². The minimum absolute atomic E-state index is 0.0136. The van der Waals surface area contributed by atoms with E-state index in [1.54, 1.807) is 0 Å². The summed E-state index contributed by atoms with van der Waals surface area (Å²) in [7, 11) is 0. The smallest absolute Gasteiger partial charge is 0.363 e. The van der Waals surface area contributed by atoms with Crippen LogP contribution in [0.2, 0.25) is 0 Å². The molecule has 0 unspecified atom stereocenters. The van der Waals surface area contributed by atoms with Crippen molar-refractivity contribution in [3.8, 4) is 0 Å². The molecule has 1 aromatic carbocycles. The predicted molar refractivity (Wildman–Crippen MR) is 124 cm³/mol. The average Bonchev–Trinajstić information content (AvgIpc) is 3.41. The lowest BCUT2D eigenvalue weighted by Gasteiger charge is -2.37. The summed E-state index contributed by atoms with van der Waals surface area (Å²) in [5.74, 6) is -6.26. The highest BCUT2D eigenvalue weighted by Crippen LogP contribution is 2.64. The summed E-state index contributed by atoms with van der Waals surface area (Å²) < 4.78 is 83.2. The maximum absolute atomic E-state index is 14.6. The fourth-order valence-electron chi connectivity index (χ4n) is 6.09. The fraction of sp³-hybridized carbons (Fsp3) is 0.560. The molecule has 4 atom stereocenters. The number of nitrogens with zero attached hydrogens (tertiary/aromatic N) is 3. The van der Waals surface area contributed by atoms with Crippen molar-refractivity contribution in [3.63, 3.8) is 0 Å². The number of rotatable bonds is 4. The second kappa shape index (κ2) is 8.22. The lowest BCUT2D eigenvalue weighted by atomic mass is 9.70. The number of amides is 1. The summed E-state index contributed by atoms with van der Waals surface area (Å²) >= 11 is 0. The van der Waals surface area contributed by atoms with Crippen molar-refractivity contribution in [2.24, 2.45) is 21.8 Å². The van der Waals surface area contributed by atoms with Crippen LogP contribution in [0.25, 0.3) is 0 Å². The van der Waals surface area contributed by atoms with E-state index >= 15 is 0 Å². The molecule has 37 heavy (non-hydrogen) atoms. The lowest BCUT2D eigenvalue weighted by molar-refractivity contribution is -0.301. The van der Waals surface area contributed by atoms with Crippen molar-refractivity contribution in [2.75, 3.05) is 5.32 Å². The third-order valence-electron chi connectivity index (χ3n) is 8.92. The van der Waals surface area contributed by atoms with Gasteiger partial charge in [0.1, 0.15) is 17.7 Å². The molecular formula is C25H27F6N5O. The molecule has 2 bridgehead atoms. The first kappa shape index (κ1) is 25.6. The molecule has 3 aliphatic rings. The number of benzene rings is 1. The zero-order valence-corrected chi connectivity index (χ0v) is 20.5. The molecule has 2 N–H and O–H groups in total. The summed E-state index contributed by atoms with van der Waals surface area (Å²) in [5.41, 5.74) is 3.06. The first-order valence-electron chi connectivity index (χ1n) is 12.1. The number of nitrogens with one attached hydrogen (secondary N) is 2. The van der Waals surface area contributed by atoms with Gasteiger partial charge in [-0.1, -0.05) is 32.9 Å². The molecule has 2 aliphatic carbocycles. The fourth-order valence-corrected chi connectivity index (χ4v) is 6.09. The van der Waals surface area contributed by atoms with Crippen molar-refractivity contribution in [1.82, 2.24) is 15.2 Å². The average molecular weight is 528 g/mol. The number of fused-ring (bicyclic) bond motifs is 3. The highest BCUT2D eigenvalue weighted by molar-refractivity contribution is 5.97. The molecule has 1 amide bonds. The van der Waals surface area contributed by atoms with Crippen molar-refractivity contribution in [3.05, 3.63) is 47.4 Å². The zero-order valence-electron chi connectivity index (χ0n) is 20.5. The molecule has 5 rings (SSSR count). The van der Waals surface area contributed by atoms with E-state index in [4.69, 9.17) is 0 Å². The number of carbonyl (C=O) groups is 1. The lowest BCUT2D eigenvalue weighted by Crippen LogP contribution is -2.47. The van der Waals surface area contributed by atoms with Crippen LogP contribution in [0.3, 0.4) is 0 Å². The number of hydrogen-bond acceptors (Lipinski definition) is 4. The number of halogens is 6. The zero-order chi connectivity index (χ0) is 27.0. The molecular weight excluding hydrogens is 500 g/mol. The molecule has 200 valence electrons. The molecule has 0 radical (unpaired) electrons. The number of anilines is 1. The van der Waals surface area contributed by atoms with Crippen molar-refractivity contribution in [1.29, 1.82) is 0 Å². The Balaban J connectivity index is 1.44. The molecule has 1 aromatic heterocycles. The van der Waals surface area contributed by atoms with Gasteiger partial charge in [-0.3, -0.25) is 4.79 Å². The number of aromatic nitrogens is 2. The Kier molecular flexibility index (Phi) is 5.69. The molecule has 2 heterocycles. The summed E-state index contributed by atoms with van der Waals surface area (Å²) in [6.07, 6.45) is -3.81. The van der Waals surface area contributed by atoms with E-state index in [0.29, 0.717) is 16.2 Å². The Hall–Kier alpha value is -3.05. The quantitative estimate of drug-likeness (QED) is 0.365. The molecule has 2 fully saturated rings. The number of carbonyl (C=O) groups excluding carboxylic acids is 1. The Labute approximate surface area is 209 Å². The van der Waals surface area contributed by atoms with E-state index in [1.807, 2.05) is 0 Å². The van der Waals surface area contributed by atoms with Crippen molar-refractivity contribution in [2.45, 2.75) is 70.6 Å². The third kappa shape index (κ3) is 3.90. The van der Waals surface area contributed by atoms with Gasteiger partial charge in [-0.25, -0.2) is 14.5 Å². The summed E-state index contributed by atoms with van der Waals surface area (Å²) in [6, 6.07) is 2.51. The Bertz CT molecular complexity index is 1250. The SMILES string of the molecule is CC1(C)[C@@H]2CC[C@]1(C)/C(=N/NC(=O)c1cc3n(n1)[C@H](C(F)(F)C(F)(F)F)C[C@H](c1ccc(F)cc1)N3)C2. The highest BCUT2D eigenvalue weighted by atomic mass is 19.4. The van der Waals surface area contributed by atoms with Crippen LogP contribution in [0.1, 0.15) is 74.6 Å². The number of hydrogen-bond donors (Lipinski definition) is 2. The van der Waals surface area contributed by atoms with Crippen LogP contribution in [0.4, 0.5) is 32.2 Å². The first-order chi connectivity index (χ1) is 17.1. The maximum Gasteiger partial charge on any atom is 0.455 e. The Morgan fingerprint density at radius 2 is 1.84 bits per heavy atom. The van der Waals surface area contributed by atoms with Crippen LogP contribution in [-0.4, -0.2) is 33.5 Å². The van der Waals surface area contributed by atoms with E-state index in [2.05, 4.69) is 41.7 Å². The van der Waals surface area contributed by atoms with E-state index in [9.17, 15) is 31.1 Å². The van der Waals surface area contributed by atoms with Gasteiger partial charge < -0.3 is 5.32 Å². The second-order valence-corrected chi connectivity index (χ2v) is 11.0. The van der Waals surface area contributed by atoms with Gasteiger partial charge in [0.15, 0.2) is 5.69 Å². The molecule has 0 spiro atoms. The van der Waals surface area contributed by atoms with E-state index in [0.717, 1.165) is 43.2 Å². The largest absolute Gasteiger partial charge is 0.455 e. The Morgan fingerprint density at radius 1 is 1.16 bits per heavy atom. The monoisotopic (exact) mass is 527 g/mol. The Morgan fingerprint density at radius 3 is 2.41 bits per heavy atom. The minimum Gasteiger partial charge on any atom is -0.363 e. The van der Waals surface area contributed by atoms with E-state index < -0.39 is 42.3 Å². The van der Waals surface area contributed by atoms with Gasteiger partial charge in [-0.05, 0) is 48.3 Å². The van der Waals surface area contributed by atoms with Gasteiger partial charge in [0.25, 0.3) is 5.91 Å². The van der Waals surface area contributed by atoms with Gasteiger partial charge >= 0.3 is 12.1 Å². The molecule has 6 nitrogen and oxygen atoms in total. The summed E-state index contributed by atoms with van der Waals surface area (Å²) in [5, 5.41) is 11.0. The predicted octanol–water partition coefficient (Wildman–Crippen LogP) is 6.25. The number of hydrazone groups is 1. The van der Waals surface area contributed by atoms with Crippen LogP contribution in [0.5, 0.6) is 0 Å². The second-order valence-electron chi connectivity index (χ2n) is 11.0. The van der Waals surface area contributed by atoms with Gasteiger partial charge in [0.05, 0.1) is 6.04 Å². The normalized spacial score (nSPS) is 29.8. The maximum atomic E-state index is 14.6. The van der Waals surface area contributed by atoms with Crippen LogP contribution in [0.15, 0.2) is 35.4 Å². The van der Waals surface area contributed by atoms with Crippen LogP contribution < -0.4 is 10.7 Å². The van der Waals surface area contributed by atoms with Gasteiger partial charge in [0, 0.05) is 23.6 Å². The van der Waals surface area contributed by atoms with Crippen molar-refractivity contribution >= 4 is 17.4 Å². The molecule has 2 saturated carbocycles. The van der Waals surface area contributed by atoms with Gasteiger partial charge in [-0.15, -0.1) is 0 Å². The van der Waals surface area contributed by atoms with Crippen LogP contribution in [0, 0.1) is 22.6 Å². The minimum atomic E-state index is -5.84. The summed E-state index contributed by atoms with van der Waals surface area (Å²) in [4.78, 5) is 12.9. The topological polar surface area (TPSA) is 71.3 Å². The standard InChI is InChI=1S/C25H27F6N5O/c1-22(2)14-8-9-23(22,3)18(10-14)33-34-21(37)17-12-20-32-16(13-4-6-15(26)7-5-13)11-19(36(20)35-17)24(27,28)25(29,30)31/h4-7,12,14,16,19,32H,8-11H2,1-3H3,(H,34,37)/b33-18+/t14-,16-,19+,23-/m1/s1. The van der Waals surface area contributed by atoms with E-state index in [-0.39, 0.29) is 22.3 Å². The van der Waals surface area contributed by atoms with Crippen LogP contribution in [-0.2, 0) is 0 Å². The molecule has 1 aliphatic heterocycles. The first-order valence-corrected chi connectivity index (χ1v) is 12.1. The molecule has 12 heteroatoms. The van der Waals surface area contributed by atoms with Crippen molar-refractivity contribution < 1.29 is 31.1 Å². The number of alkyl halides is 5. The third-order valence-corrected chi connectivity index (χ3v) is 8.92. The molecule has 2 aromatic rings. The highest BCUT2D eigenvalue weighted by Gasteiger charge is 2.64. The summed E-state index contributed by atoms with van der Waals surface area (Å²) in [6.45, 7) is 6.44. The molecule has 0 saturated heterocycles. The van der Waals surface area contributed by atoms with E-state index in [1.165, 1.54) is 12.1 Å².